The Kier molecular flexibility index (Phi) is 6.63. The molecule has 1 heterocycles. The summed E-state index contributed by atoms with van der Waals surface area (Å²) >= 11 is 0. The second kappa shape index (κ2) is 8.57. The molecule has 156 valence electrons. The van der Waals surface area contributed by atoms with Gasteiger partial charge in [0.25, 0.3) is 5.69 Å². The van der Waals surface area contributed by atoms with Crippen molar-refractivity contribution in [2.45, 2.75) is 58.9 Å². The fourth-order valence-corrected chi connectivity index (χ4v) is 2.79. The van der Waals surface area contributed by atoms with Crippen molar-refractivity contribution < 1.29 is 32.7 Å². The number of nitrogens with zero attached hydrogens (tertiary/aromatic N) is 2. The molecule has 1 aliphatic rings. The molecule has 1 fully saturated rings. The van der Waals surface area contributed by atoms with Crippen LogP contribution in [0.5, 0.6) is 11.5 Å². The zero-order valence-electron chi connectivity index (χ0n) is 16.2. The molecule has 1 saturated heterocycles. The maximum absolute atomic E-state index is 12.7. The minimum absolute atomic E-state index is 0.0131. The van der Waals surface area contributed by atoms with E-state index in [-0.39, 0.29) is 28.9 Å². The zero-order valence-corrected chi connectivity index (χ0v) is 16.2. The van der Waals surface area contributed by atoms with E-state index < -0.39 is 23.2 Å². The van der Waals surface area contributed by atoms with E-state index in [1.165, 1.54) is 13.0 Å². The Hall–Kier alpha value is -2.65. The Bertz CT molecular complexity index is 728. The number of piperidine rings is 1. The SMILES string of the molecule is Cc1cc(OC2CCN(C(=O)OC(C)(C)C)CC2)c(OC(F)F)cc1[N+](=O)[O-]. The summed E-state index contributed by atoms with van der Waals surface area (Å²) in [6.07, 6.45) is 0.158. The van der Waals surface area contributed by atoms with Crippen molar-refractivity contribution in [1.82, 2.24) is 4.90 Å². The van der Waals surface area contributed by atoms with Gasteiger partial charge in [-0.1, -0.05) is 0 Å². The first-order valence-corrected chi connectivity index (χ1v) is 8.84. The standard InChI is InChI=1S/C18H24F2N2O6/c1-11-9-14(15(27-16(19)20)10-13(11)22(24)25)26-12-5-7-21(8-6-12)17(23)28-18(2,3)4/h9-10,12,16H,5-8H2,1-4H3. The molecule has 8 nitrogen and oxygen atoms in total. The molecule has 1 amide bonds. The number of amides is 1. The Morgan fingerprint density at radius 2 is 1.86 bits per heavy atom. The van der Waals surface area contributed by atoms with Crippen molar-refractivity contribution in [3.63, 3.8) is 0 Å². The zero-order chi connectivity index (χ0) is 21.1. The number of benzene rings is 1. The Morgan fingerprint density at radius 3 is 2.36 bits per heavy atom. The van der Waals surface area contributed by atoms with Gasteiger partial charge >= 0.3 is 12.7 Å². The minimum Gasteiger partial charge on any atom is -0.486 e. The van der Waals surface area contributed by atoms with Crippen LogP contribution in [0.4, 0.5) is 19.3 Å². The summed E-state index contributed by atoms with van der Waals surface area (Å²) in [7, 11) is 0. The molecule has 1 aromatic rings. The molecule has 10 heteroatoms. The third-order valence-electron chi connectivity index (χ3n) is 4.06. The van der Waals surface area contributed by atoms with Crippen molar-refractivity contribution in [2.75, 3.05) is 13.1 Å². The van der Waals surface area contributed by atoms with Crippen molar-refractivity contribution in [3.05, 3.63) is 27.8 Å². The van der Waals surface area contributed by atoms with E-state index in [4.69, 9.17) is 9.47 Å². The van der Waals surface area contributed by atoms with E-state index >= 15 is 0 Å². The number of alkyl halides is 2. The van der Waals surface area contributed by atoms with Crippen LogP contribution in [0, 0.1) is 17.0 Å². The Labute approximate surface area is 161 Å². The fourth-order valence-electron chi connectivity index (χ4n) is 2.79. The molecule has 0 bridgehead atoms. The first-order chi connectivity index (χ1) is 13.0. The van der Waals surface area contributed by atoms with Gasteiger partial charge in [-0.25, -0.2) is 4.79 Å². The lowest BCUT2D eigenvalue weighted by Crippen LogP contribution is -2.44. The average molecular weight is 402 g/mol. The lowest BCUT2D eigenvalue weighted by Gasteiger charge is -2.33. The molecule has 0 N–H and O–H groups in total. The number of carbonyl (C=O) groups is 1. The number of likely N-dealkylation sites (tertiary alicyclic amines) is 1. The van der Waals surface area contributed by atoms with Crippen molar-refractivity contribution >= 4 is 11.8 Å². The number of hydrogen-bond acceptors (Lipinski definition) is 6. The number of carbonyl (C=O) groups excluding carboxylic acids is 1. The molecule has 2 rings (SSSR count). The van der Waals surface area contributed by atoms with Gasteiger partial charge in [-0.05, 0) is 33.8 Å². The number of ether oxygens (including phenoxy) is 3. The normalized spacial score (nSPS) is 15.5. The molecule has 1 aliphatic heterocycles. The van der Waals surface area contributed by atoms with Gasteiger partial charge in [-0.3, -0.25) is 10.1 Å². The molecule has 0 spiro atoms. The van der Waals surface area contributed by atoms with Crippen LogP contribution in [0.1, 0.15) is 39.2 Å². The molecule has 0 saturated carbocycles. The molecule has 0 aliphatic carbocycles. The second-order valence-corrected chi connectivity index (χ2v) is 7.51. The van der Waals surface area contributed by atoms with E-state index in [1.807, 2.05) is 0 Å². The smallest absolute Gasteiger partial charge is 0.410 e. The predicted molar refractivity (Wildman–Crippen MR) is 95.9 cm³/mol. The van der Waals surface area contributed by atoms with Crippen LogP contribution < -0.4 is 9.47 Å². The quantitative estimate of drug-likeness (QED) is 0.539. The highest BCUT2D eigenvalue weighted by atomic mass is 19.3. The van der Waals surface area contributed by atoms with Gasteiger partial charge in [-0.15, -0.1) is 0 Å². The maximum Gasteiger partial charge on any atom is 0.410 e. The lowest BCUT2D eigenvalue weighted by molar-refractivity contribution is -0.385. The number of rotatable bonds is 5. The predicted octanol–water partition coefficient (Wildman–Crippen LogP) is 4.28. The number of nitro groups is 1. The largest absolute Gasteiger partial charge is 0.486 e. The van der Waals surface area contributed by atoms with Crippen molar-refractivity contribution in [1.29, 1.82) is 0 Å². The van der Waals surface area contributed by atoms with Crippen LogP contribution in [0.25, 0.3) is 0 Å². The third kappa shape index (κ3) is 5.93. The Balaban J connectivity index is 2.07. The second-order valence-electron chi connectivity index (χ2n) is 7.51. The van der Waals surface area contributed by atoms with Gasteiger partial charge in [-0.2, -0.15) is 8.78 Å². The van der Waals surface area contributed by atoms with Crippen LogP contribution in [0.15, 0.2) is 12.1 Å². The molecule has 28 heavy (non-hydrogen) atoms. The van der Waals surface area contributed by atoms with Crippen LogP contribution in [0.3, 0.4) is 0 Å². The molecule has 1 aromatic carbocycles. The summed E-state index contributed by atoms with van der Waals surface area (Å²) in [5.74, 6) is -0.374. The number of hydrogen-bond donors (Lipinski definition) is 0. The molecule has 0 radical (unpaired) electrons. The highest BCUT2D eigenvalue weighted by Crippen LogP contribution is 2.37. The van der Waals surface area contributed by atoms with E-state index in [0.717, 1.165) is 6.07 Å². The molecule has 0 unspecified atom stereocenters. The van der Waals surface area contributed by atoms with Gasteiger partial charge in [0.05, 0.1) is 11.0 Å². The van der Waals surface area contributed by atoms with Gasteiger partial charge in [0.2, 0.25) is 0 Å². The highest BCUT2D eigenvalue weighted by molar-refractivity contribution is 5.68. The Morgan fingerprint density at radius 1 is 1.25 bits per heavy atom. The van der Waals surface area contributed by atoms with E-state index in [2.05, 4.69) is 4.74 Å². The first-order valence-electron chi connectivity index (χ1n) is 8.84. The van der Waals surface area contributed by atoms with Gasteiger partial charge < -0.3 is 19.1 Å². The van der Waals surface area contributed by atoms with Gasteiger partial charge in [0, 0.05) is 31.5 Å². The summed E-state index contributed by atoms with van der Waals surface area (Å²) in [6.45, 7) is 4.46. The lowest BCUT2D eigenvalue weighted by atomic mass is 10.1. The summed E-state index contributed by atoms with van der Waals surface area (Å²) in [5, 5.41) is 11.0. The van der Waals surface area contributed by atoms with E-state index in [1.54, 1.807) is 25.7 Å². The number of halogens is 2. The van der Waals surface area contributed by atoms with Crippen LogP contribution in [0.2, 0.25) is 0 Å². The maximum atomic E-state index is 12.7. The molecular weight excluding hydrogens is 378 g/mol. The molecule has 0 atom stereocenters. The minimum atomic E-state index is -3.14. The van der Waals surface area contributed by atoms with E-state index in [0.29, 0.717) is 25.9 Å². The van der Waals surface area contributed by atoms with Crippen molar-refractivity contribution in [2.24, 2.45) is 0 Å². The molecule has 0 aromatic heterocycles. The van der Waals surface area contributed by atoms with Crippen LogP contribution >= 0.6 is 0 Å². The van der Waals surface area contributed by atoms with Crippen LogP contribution in [-0.4, -0.2) is 47.3 Å². The monoisotopic (exact) mass is 402 g/mol. The molecular formula is C18H24F2N2O6. The number of nitro benzene ring substituents is 1. The fraction of sp³-hybridized carbons (Fsp3) is 0.611. The van der Waals surface area contributed by atoms with Crippen LogP contribution in [-0.2, 0) is 4.74 Å². The van der Waals surface area contributed by atoms with Gasteiger partial charge in [0.15, 0.2) is 11.5 Å². The summed E-state index contributed by atoms with van der Waals surface area (Å²) in [5.41, 5.74) is -0.655. The summed E-state index contributed by atoms with van der Waals surface area (Å²) in [6, 6.07) is 2.25. The van der Waals surface area contributed by atoms with Crippen molar-refractivity contribution in [3.8, 4) is 11.5 Å². The first kappa shape index (κ1) is 21.6. The average Bonchev–Trinajstić information content (AvgIpc) is 2.55. The van der Waals surface area contributed by atoms with E-state index in [9.17, 15) is 23.7 Å². The number of aryl methyl sites for hydroxylation is 1. The summed E-state index contributed by atoms with van der Waals surface area (Å²) < 4.78 is 40.9. The third-order valence-corrected chi connectivity index (χ3v) is 4.06. The highest BCUT2D eigenvalue weighted by Gasteiger charge is 2.29. The van der Waals surface area contributed by atoms with Gasteiger partial charge in [0.1, 0.15) is 11.7 Å². The topological polar surface area (TPSA) is 91.1 Å². The summed E-state index contributed by atoms with van der Waals surface area (Å²) in [4.78, 5) is 24.0.